The normalized spacial score (nSPS) is 37.4. The highest BCUT2D eigenvalue weighted by Crippen LogP contribution is 2.27. The Balaban J connectivity index is 1.84. The van der Waals surface area contributed by atoms with E-state index >= 15 is 0 Å². The van der Waals surface area contributed by atoms with Crippen LogP contribution in [-0.2, 0) is 9.84 Å². The van der Waals surface area contributed by atoms with Crippen LogP contribution in [0.3, 0.4) is 0 Å². The molecule has 20 heavy (non-hydrogen) atoms. The van der Waals surface area contributed by atoms with E-state index in [2.05, 4.69) is 17.1 Å². The first kappa shape index (κ1) is 16.2. The van der Waals surface area contributed by atoms with Crippen LogP contribution in [0.25, 0.3) is 0 Å². The summed E-state index contributed by atoms with van der Waals surface area (Å²) in [5, 5.41) is 13.5. The second kappa shape index (κ2) is 6.73. The van der Waals surface area contributed by atoms with Crippen molar-refractivity contribution in [3.63, 3.8) is 0 Å². The number of hydrogen-bond donors (Lipinski definition) is 2. The third kappa shape index (κ3) is 3.93. The largest absolute Gasteiger partial charge is 0.390 e. The van der Waals surface area contributed by atoms with E-state index in [1.54, 1.807) is 0 Å². The maximum atomic E-state index is 11.6. The molecule has 1 saturated heterocycles. The molecule has 2 unspecified atom stereocenters. The van der Waals surface area contributed by atoms with Crippen LogP contribution in [-0.4, -0.2) is 67.8 Å². The summed E-state index contributed by atoms with van der Waals surface area (Å²) in [6, 6.07) is 0.796. The number of rotatable bonds is 5. The first-order chi connectivity index (χ1) is 9.43. The maximum Gasteiger partial charge on any atom is 0.154 e. The van der Waals surface area contributed by atoms with E-state index in [0.717, 1.165) is 38.6 Å². The molecule has 2 aliphatic rings. The highest BCUT2D eigenvalue weighted by atomic mass is 32.2. The SMILES string of the molecule is CCCNC1CCC(N(C)C2CS(=O)(=O)CC2O)CC1. The van der Waals surface area contributed by atoms with Crippen LogP contribution in [0.5, 0.6) is 0 Å². The van der Waals surface area contributed by atoms with Gasteiger partial charge in [-0.25, -0.2) is 8.42 Å². The quantitative estimate of drug-likeness (QED) is 0.769. The van der Waals surface area contributed by atoms with Crippen molar-refractivity contribution in [3.05, 3.63) is 0 Å². The fourth-order valence-electron chi connectivity index (χ4n) is 3.51. The predicted molar refractivity (Wildman–Crippen MR) is 80.5 cm³/mol. The van der Waals surface area contributed by atoms with Crippen LogP contribution in [0, 0.1) is 0 Å². The number of nitrogens with zero attached hydrogens (tertiary/aromatic N) is 1. The Morgan fingerprint density at radius 1 is 1.20 bits per heavy atom. The van der Waals surface area contributed by atoms with Gasteiger partial charge in [-0.05, 0) is 45.7 Å². The van der Waals surface area contributed by atoms with Gasteiger partial charge in [-0.2, -0.15) is 0 Å². The lowest BCUT2D eigenvalue weighted by atomic mass is 9.89. The van der Waals surface area contributed by atoms with Crippen LogP contribution in [0.4, 0.5) is 0 Å². The molecule has 5 nitrogen and oxygen atoms in total. The Hall–Kier alpha value is -0.170. The van der Waals surface area contributed by atoms with E-state index in [-0.39, 0.29) is 17.5 Å². The fourth-order valence-corrected chi connectivity index (χ4v) is 5.36. The Morgan fingerprint density at radius 2 is 1.85 bits per heavy atom. The van der Waals surface area contributed by atoms with E-state index in [4.69, 9.17) is 0 Å². The molecule has 0 bridgehead atoms. The zero-order valence-corrected chi connectivity index (χ0v) is 13.4. The molecule has 1 aliphatic carbocycles. The van der Waals surface area contributed by atoms with Gasteiger partial charge in [-0.3, -0.25) is 4.90 Å². The Labute approximate surface area is 122 Å². The molecule has 2 N–H and O–H groups in total. The molecule has 2 rings (SSSR count). The van der Waals surface area contributed by atoms with Crippen LogP contribution < -0.4 is 5.32 Å². The van der Waals surface area contributed by atoms with Gasteiger partial charge in [0, 0.05) is 12.1 Å². The zero-order chi connectivity index (χ0) is 14.8. The average molecular weight is 304 g/mol. The molecule has 1 saturated carbocycles. The highest BCUT2D eigenvalue weighted by molar-refractivity contribution is 7.91. The third-order valence-electron chi connectivity index (χ3n) is 4.77. The number of aliphatic hydroxyl groups is 1. The fraction of sp³-hybridized carbons (Fsp3) is 1.00. The molecule has 0 radical (unpaired) electrons. The van der Waals surface area contributed by atoms with Gasteiger partial charge in [0.15, 0.2) is 9.84 Å². The monoisotopic (exact) mass is 304 g/mol. The minimum absolute atomic E-state index is 0.0740. The summed E-state index contributed by atoms with van der Waals surface area (Å²) in [7, 11) is -1.08. The molecular formula is C14H28N2O3S. The number of hydrogen-bond acceptors (Lipinski definition) is 5. The smallest absolute Gasteiger partial charge is 0.154 e. The second-order valence-electron chi connectivity index (χ2n) is 6.34. The molecule has 2 atom stereocenters. The summed E-state index contributed by atoms with van der Waals surface area (Å²) in [6.45, 7) is 3.25. The molecule has 2 fully saturated rings. The lowest BCUT2D eigenvalue weighted by molar-refractivity contribution is 0.0571. The minimum Gasteiger partial charge on any atom is -0.390 e. The van der Waals surface area contributed by atoms with Crippen molar-refractivity contribution in [1.82, 2.24) is 10.2 Å². The van der Waals surface area contributed by atoms with Gasteiger partial charge >= 0.3 is 0 Å². The van der Waals surface area contributed by atoms with Gasteiger partial charge in [-0.15, -0.1) is 0 Å². The van der Waals surface area contributed by atoms with Crippen LogP contribution >= 0.6 is 0 Å². The van der Waals surface area contributed by atoms with Crippen LogP contribution in [0.2, 0.25) is 0 Å². The molecule has 118 valence electrons. The van der Waals surface area contributed by atoms with E-state index in [0.29, 0.717) is 12.1 Å². The van der Waals surface area contributed by atoms with Gasteiger partial charge in [0.2, 0.25) is 0 Å². The maximum absolute atomic E-state index is 11.6. The summed E-state index contributed by atoms with van der Waals surface area (Å²) in [5.41, 5.74) is 0. The standard InChI is InChI=1S/C14H28N2O3S/c1-3-8-15-11-4-6-12(7-5-11)16(2)13-9-20(18,19)10-14(13)17/h11-15,17H,3-10H2,1-2H3. The summed E-state index contributed by atoms with van der Waals surface area (Å²) < 4.78 is 23.2. The van der Waals surface area contributed by atoms with E-state index in [9.17, 15) is 13.5 Å². The second-order valence-corrected chi connectivity index (χ2v) is 8.49. The molecular weight excluding hydrogens is 276 g/mol. The van der Waals surface area contributed by atoms with Crippen molar-refractivity contribution in [2.45, 2.75) is 63.3 Å². The lowest BCUT2D eigenvalue weighted by Crippen LogP contribution is -2.49. The van der Waals surface area contributed by atoms with Crippen molar-refractivity contribution in [2.75, 3.05) is 25.1 Å². The number of likely N-dealkylation sites (N-methyl/N-ethyl adjacent to an activating group) is 1. The summed E-state index contributed by atoms with van der Waals surface area (Å²) >= 11 is 0. The van der Waals surface area contributed by atoms with Crippen molar-refractivity contribution >= 4 is 9.84 Å². The van der Waals surface area contributed by atoms with Gasteiger partial charge in [0.05, 0.1) is 23.7 Å². The van der Waals surface area contributed by atoms with Crippen molar-refractivity contribution in [3.8, 4) is 0 Å². The van der Waals surface area contributed by atoms with Crippen molar-refractivity contribution in [1.29, 1.82) is 0 Å². The predicted octanol–water partition coefficient (Wildman–Crippen LogP) is 0.387. The number of aliphatic hydroxyl groups excluding tert-OH is 1. The Bertz CT molecular complexity index is 405. The van der Waals surface area contributed by atoms with Gasteiger partial charge in [0.25, 0.3) is 0 Å². The molecule has 0 amide bonds. The van der Waals surface area contributed by atoms with E-state index < -0.39 is 15.9 Å². The van der Waals surface area contributed by atoms with E-state index in [1.807, 2.05) is 7.05 Å². The van der Waals surface area contributed by atoms with Crippen molar-refractivity contribution in [2.24, 2.45) is 0 Å². The molecule has 1 aliphatic heterocycles. The van der Waals surface area contributed by atoms with Crippen molar-refractivity contribution < 1.29 is 13.5 Å². The van der Waals surface area contributed by atoms with Crippen LogP contribution in [0.1, 0.15) is 39.0 Å². The highest BCUT2D eigenvalue weighted by Gasteiger charge is 2.41. The lowest BCUT2D eigenvalue weighted by Gasteiger charge is -2.38. The Kier molecular flexibility index (Phi) is 5.45. The van der Waals surface area contributed by atoms with Gasteiger partial charge in [-0.1, -0.05) is 6.92 Å². The molecule has 6 heteroatoms. The van der Waals surface area contributed by atoms with Gasteiger partial charge in [0.1, 0.15) is 0 Å². The molecule has 0 spiro atoms. The molecule has 1 heterocycles. The first-order valence-electron chi connectivity index (χ1n) is 7.76. The van der Waals surface area contributed by atoms with Gasteiger partial charge < -0.3 is 10.4 Å². The topological polar surface area (TPSA) is 69.6 Å². The third-order valence-corrected chi connectivity index (χ3v) is 6.47. The number of sulfone groups is 1. The summed E-state index contributed by atoms with van der Waals surface area (Å²) in [4.78, 5) is 2.12. The zero-order valence-electron chi connectivity index (χ0n) is 12.6. The van der Waals surface area contributed by atoms with E-state index in [1.165, 1.54) is 0 Å². The van der Waals surface area contributed by atoms with Crippen LogP contribution in [0.15, 0.2) is 0 Å². The molecule has 0 aromatic heterocycles. The average Bonchev–Trinajstić information content (AvgIpc) is 2.69. The minimum atomic E-state index is -3.06. The number of nitrogens with one attached hydrogen (secondary N) is 1. The molecule has 0 aromatic carbocycles. The summed E-state index contributed by atoms with van der Waals surface area (Å²) in [5.74, 6) is 0.0358. The molecule has 0 aromatic rings. The summed E-state index contributed by atoms with van der Waals surface area (Å²) in [6.07, 6.45) is 4.89. The Morgan fingerprint density at radius 3 is 2.35 bits per heavy atom. The first-order valence-corrected chi connectivity index (χ1v) is 9.59.